The summed E-state index contributed by atoms with van der Waals surface area (Å²) >= 11 is 3.34. The van der Waals surface area contributed by atoms with E-state index in [0.717, 1.165) is 10.0 Å². The zero-order valence-electron chi connectivity index (χ0n) is 10.1. The van der Waals surface area contributed by atoms with Crippen LogP contribution in [-0.4, -0.2) is 28.0 Å². The van der Waals surface area contributed by atoms with Crippen molar-refractivity contribution in [3.8, 4) is 0 Å². The number of esters is 1. The van der Waals surface area contributed by atoms with Gasteiger partial charge in [-0.15, -0.1) is 0 Å². The molecule has 0 aromatic carbocycles. The van der Waals surface area contributed by atoms with Crippen molar-refractivity contribution in [3.05, 3.63) is 52.3 Å². The number of methoxy groups -OCH3 is 1. The number of pyridine rings is 1. The molecule has 2 rings (SSSR count). The number of carbonyl (C=O) groups is 1. The van der Waals surface area contributed by atoms with Crippen LogP contribution in [0.1, 0.15) is 21.6 Å². The normalized spacial score (nSPS) is 10.6. The van der Waals surface area contributed by atoms with Crippen molar-refractivity contribution >= 4 is 34.1 Å². The van der Waals surface area contributed by atoms with Crippen molar-refractivity contribution in [3.63, 3.8) is 0 Å². The fraction of sp³-hybridized carbons (Fsp3) is 0.0769. The van der Waals surface area contributed by atoms with Crippen molar-refractivity contribution in [2.45, 2.75) is 0 Å². The van der Waals surface area contributed by atoms with Crippen molar-refractivity contribution in [1.29, 1.82) is 0 Å². The van der Waals surface area contributed by atoms with E-state index in [4.69, 9.17) is 0 Å². The molecule has 0 amide bonds. The van der Waals surface area contributed by atoms with Gasteiger partial charge in [-0.25, -0.2) is 14.8 Å². The molecular weight excluding hydrogens is 310 g/mol. The van der Waals surface area contributed by atoms with Gasteiger partial charge in [-0.1, -0.05) is 6.08 Å². The van der Waals surface area contributed by atoms with Crippen molar-refractivity contribution < 1.29 is 9.53 Å². The van der Waals surface area contributed by atoms with Crippen LogP contribution < -0.4 is 0 Å². The Hall–Kier alpha value is -2.08. The fourth-order valence-electron chi connectivity index (χ4n) is 1.43. The first-order valence-electron chi connectivity index (χ1n) is 5.37. The molecule has 0 unspecified atom stereocenters. The average molecular weight is 320 g/mol. The highest BCUT2D eigenvalue weighted by molar-refractivity contribution is 9.10. The molecule has 0 aliphatic rings. The Bertz CT molecular complexity index is 629. The molecule has 0 atom stereocenters. The minimum atomic E-state index is -0.465. The van der Waals surface area contributed by atoms with Crippen LogP contribution in [-0.2, 0) is 4.74 Å². The molecule has 2 heterocycles. The number of hydrogen-bond donors (Lipinski definition) is 0. The molecular formula is C13H10BrN3O2. The summed E-state index contributed by atoms with van der Waals surface area (Å²) in [5.74, 6) is -0.465. The Kier molecular flexibility index (Phi) is 4.35. The van der Waals surface area contributed by atoms with E-state index < -0.39 is 5.97 Å². The van der Waals surface area contributed by atoms with Crippen molar-refractivity contribution in [1.82, 2.24) is 15.0 Å². The quantitative estimate of drug-likeness (QED) is 0.813. The van der Waals surface area contributed by atoms with Crippen LogP contribution in [0.3, 0.4) is 0 Å². The highest BCUT2D eigenvalue weighted by atomic mass is 79.9. The predicted octanol–water partition coefficient (Wildman–Crippen LogP) is 2.59. The highest BCUT2D eigenvalue weighted by Crippen LogP contribution is 2.13. The van der Waals surface area contributed by atoms with Gasteiger partial charge in [0.15, 0.2) is 0 Å². The van der Waals surface area contributed by atoms with Gasteiger partial charge in [-0.3, -0.25) is 4.98 Å². The second kappa shape index (κ2) is 6.19. The smallest absolute Gasteiger partial charge is 0.341 e. The Labute approximate surface area is 118 Å². The van der Waals surface area contributed by atoms with Crippen LogP contribution in [0.2, 0.25) is 0 Å². The summed E-state index contributed by atoms with van der Waals surface area (Å²) < 4.78 is 5.56. The monoisotopic (exact) mass is 319 g/mol. The van der Waals surface area contributed by atoms with Gasteiger partial charge in [0.1, 0.15) is 11.9 Å². The molecule has 0 radical (unpaired) electrons. The maximum atomic E-state index is 11.5. The van der Waals surface area contributed by atoms with Gasteiger partial charge < -0.3 is 4.74 Å². The van der Waals surface area contributed by atoms with Crippen LogP contribution >= 0.6 is 15.9 Å². The average Bonchev–Trinajstić information content (AvgIpc) is 2.45. The topological polar surface area (TPSA) is 65.0 Å². The lowest BCUT2D eigenvalue weighted by atomic mass is 10.2. The molecule has 0 saturated heterocycles. The van der Waals surface area contributed by atoms with Gasteiger partial charge in [0.25, 0.3) is 0 Å². The summed E-state index contributed by atoms with van der Waals surface area (Å²) in [6, 6.07) is 1.91. The maximum absolute atomic E-state index is 11.5. The number of hydrogen-bond acceptors (Lipinski definition) is 5. The lowest BCUT2D eigenvalue weighted by Crippen LogP contribution is -2.05. The molecule has 0 spiro atoms. The second-order valence-corrected chi connectivity index (χ2v) is 4.50. The molecule has 0 aliphatic heterocycles. The summed E-state index contributed by atoms with van der Waals surface area (Å²) in [4.78, 5) is 23.5. The first kappa shape index (κ1) is 13.4. The van der Waals surface area contributed by atoms with E-state index in [1.54, 1.807) is 18.5 Å². The van der Waals surface area contributed by atoms with E-state index in [0.29, 0.717) is 11.3 Å². The molecule has 0 aliphatic carbocycles. The Morgan fingerprint density at radius 3 is 2.84 bits per heavy atom. The number of nitrogens with zero attached hydrogens (tertiary/aromatic N) is 3. The molecule has 19 heavy (non-hydrogen) atoms. The molecule has 0 saturated carbocycles. The Morgan fingerprint density at radius 2 is 2.11 bits per heavy atom. The van der Waals surface area contributed by atoms with Gasteiger partial charge >= 0.3 is 5.97 Å². The molecule has 2 aromatic rings. The lowest BCUT2D eigenvalue weighted by Gasteiger charge is -2.01. The fourth-order valence-corrected chi connectivity index (χ4v) is 1.82. The number of ether oxygens (including phenoxy) is 1. The van der Waals surface area contributed by atoms with E-state index in [9.17, 15) is 4.79 Å². The largest absolute Gasteiger partial charge is 0.465 e. The zero-order chi connectivity index (χ0) is 13.7. The standard InChI is InChI=1S/C13H10BrN3O2/c1-19-13(18)11-7-16-8-17-12(11)3-2-9-4-10(14)6-15-5-9/h2-8H,1H3/b3-2+. The first-order chi connectivity index (χ1) is 9.20. The van der Waals surface area contributed by atoms with Crippen LogP contribution in [0.15, 0.2) is 35.5 Å². The second-order valence-electron chi connectivity index (χ2n) is 3.58. The van der Waals surface area contributed by atoms with Gasteiger partial charge in [-0.05, 0) is 33.6 Å². The van der Waals surface area contributed by atoms with Gasteiger partial charge in [0, 0.05) is 23.1 Å². The molecule has 2 aromatic heterocycles. The number of aromatic nitrogens is 3. The summed E-state index contributed by atoms with van der Waals surface area (Å²) in [6.07, 6.45) is 9.75. The Morgan fingerprint density at radius 1 is 1.26 bits per heavy atom. The predicted molar refractivity (Wildman–Crippen MR) is 74.2 cm³/mol. The molecule has 6 heteroatoms. The third-order valence-electron chi connectivity index (χ3n) is 2.31. The number of halogens is 1. The van der Waals surface area contributed by atoms with E-state index in [1.165, 1.54) is 19.6 Å². The van der Waals surface area contributed by atoms with E-state index in [1.807, 2.05) is 12.1 Å². The highest BCUT2D eigenvalue weighted by Gasteiger charge is 2.10. The van der Waals surface area contributed by atoms with E-state index in [2.05, 4.69) is 35.6 Å². The number of carbonyl (C=O) groups excluding carboxylic acids is 1. The lowest BCUT2D eigenvalue weighted by molar-refractivity contribution is 0.0599. The minimum absolute atomic E-state index is 0.323. The van der Waals surface area contributed by atoms with Gasteiger partial charge in [-0.2, -0.15) is 0 Å². The summed E-state index contributed by atoms with van der Waals surface area (Å²) in [5, 5.41) is 0. The summed E-state index contributed by atoms with van der Waals surface area (Å²) in [5.41, 5.74) is 1.72. The van der Waals surface area contributed by atoms with E-state index in [-0.39, 0.29) is 0 Å². The van der Waals surface area contributed by atoms with Crippen molar-refractivity contribution in [2.24, 2.45) is 0 Å². The maximum Gasteiger partial charge on any atom is 0.341 e. The van der Waals surface area contributed by atoms with Gasteiger partial charge in [0.2, 0.25) is 0 Å². The third kappa shape index (κ3) is 3.45. The van der Waals surface area contributed by atoms with Crippen LogP contribution in [0, 0.1) is 0 Å². The Balaban J connectivity index is 2.31. The SMILES string of the molecule is COC(=O)c1cncnc1/C=C/c1cncc(Br)c1. The molecule has 0 fully saturated rings. The summed E-state index contributed by atoms with van der Waals surface area (Å²) in [6.45, 7) is 0. The summed E-state index contributed by atoms with van der Waals surface area (Å²) in [7, 11) is 1.32. The minimum Gasteiger partial charge on any atom is -0.465 e. The third-order valence-corrected chi connectivity index (χ3v) is 2.74. The van der Waals surface area contributed by atoms with Crippen LogP contribution in [0.5, 0.6) is 0 Å². The van der Waals surface area contributed by atoms with E-state index >= 15 is 0 Å². The molecule has 0 N–H and O–H groups in total. The van der Waals surface area contributed by atoms with Crippen molar-refractivity contribution in [2.75, 3.05) is 7.11 Å². The number of rotatable bonds is 3. The van der Waals surface area contributed by atoms with Crippen LogP contribution in [0.25, 0.3) is 12.2 Å². The molecule has 96 valence electrons. The zero-order valence-corrected chi connectivity index (χ0v) is 11.7. The first-order valence-corrected chi connectivity index (χ1v) is 6.17. The van der Waals surface area contributed by atoms with Crippen LogP contribution in [0.4, 0.5) is 0 Å². The molecule has 5 nitrogen and oxygen atoms in total. The molecule has 0 bridgehead atoms. The van der Waals surface area contributed by atoms with Gasteiger partial charge in [0.05, 0.1) is 12.8 Å².